The molecule has 1 atom stereocenters. The zero-order chi connectivity index (χ0) is 16.0. The molecule has 0 fully saturated rings. The summed E-state index contributed by atoms with van der Waals surface area (Å²) in [7, 11) is 0. The van der Waals surface area contributed by atoms with Gasteiger partial charge in [-0.1, -0.05) is 42.5 Å². The lowest BCUT2D eigenvalue weighted by Gasteiger charge is -2.13. The largest absolute Gasteiger partial charge is 0.550 e. The van der Waals surface area contributed by atoms with Gasteiger partial charge < -0.3 is 20.0 Å². The van der Waals surface area contributed by atoms with Gasteiger partial charge in [-0.2, -0.15) is 0 Å². The average molecular weight is 306 g/mol. The molecular weight excluding hydrogens is 294 g/mol. The lowest BCUT2D eigenvalue weighted by Crippen LogP contribution is -2.24. The molecule has 2 aliphatic rings. The number of carboxylic acid groups (broad SMARTS) is 1. The zero-order valence-electron chi connectivity index (χ0n) is 12.0. The van der Waals surface area contributed by atoms with E-state index in [2.05, 4.69) is 5.32 Å². The van der Waals surface area contributed by atoms with Crippen molar-refractivity contribution in [1.82, 2.24) is 0 Å². The Morgan fingerprint density at radius 2 is 1.78 bits per heavy atom. The number of anilines is 1. The second-order valence-corrected chi connectivity index (χ2v) is 5.47. The molecule has 0 saturated heterocycles. The number of nitrogens with one attached hydrogen (secondary N) is 1. The van der Waals surface area contributed by atoms with Crippen LogP contribution in [0, 0.1) is 0 Å². The average Bonchev–Trinajstić information content (AvgIpc) is 3.04. The standard InChI is InChI=1S/C18H13NO4/c20-15(21)9-14-10-5-1-2-6-11(10)17(23-14)16-12-7-3-4-8-13(12)19-18(16)22/h1-8,14H,9H2,(H,19,22)(H,20,21)/p-1/b17-16+. The summed E-state index contributed by atoms with van der Waals surface area (Å²) in [4.78, 5) is 23.3. The number of hydrogen-bond donors (Lipinski definition) is 1. The van der Waals surface area contributed by atoms with E-state index in [-0.39, 0.29) is 12.3 Å². The van der Waals surface area contributed by atoms with Crippen LogP contribution >= 0.6 is 0 Å². The van der Waals surface area contributed by atoms with Crippen LogP contribution in [0.25, 0.3) is 11.3 Å². The molecule has 1 N–H and O–H groups in total. The summed E-state index contributed by atoms with van der Waals surface area (Å²) in [6.45, 7) is 0. The number of rotatable bonds is 2. The minimum Gasteiger partial charge on any atom is -0.550 e. The molecule has 114 valence electrons. The van der Waals surface area contributed by atoms with Gasteiger partial charge in [-0.15, -0.1) is 0 Å². The maximum Gasteiger partial charge on any atom is 0.260 e. The van der Waals surface area contributed by atoms with Gasteiger partial charge in [0.15, 0.2) is 0 Å². The molecule has 23 heavy (non-hydrogen) atoms. The first-order chi connectivity index (χ1) is 11.1. The smallest absolute Gasteiger partial charge is 0.260 e. The number of carbonyl (C=O) groups excluding carboxylic acids is 2. The Bertz CT molecular complexity index is 869. The molecule has 1 amide bonds. The lowest BCUT2D eigenvalue weighted by molar-refractivity contribution is -0.307. The van der Waals surface area contributed by atoms with Crippen molar-refractivity contribution in [1.29, 1.82) is 0 Å². The van der Waals surface area contributed by atoms with Crippen LogP contribution in [0.1, 0.15) is 29.2 Å². The fourth-order valence-electron chi connectivity index (χ4n) is 3.09. The maximum atomic E-state index is 12.4. The van der Waals surface area contributed by atoms with Crippen LogP contribution in [-0.2, 0) is 14.3 Å². The number of fused-ring (bicyclic) bond motifs is 2. The van der Waals surface area contributed by atoms with Crippen LogP contribution in [-0.4, -0.2) is 11.9 Å². The summed E-state index contributed by atoms with van der Waals surface area (Å²) in [5, 5.41) is 13.8. The third-order valence-corrected chi connectivity index (χ3v) is 4.06. The van der Waals surface area contributed by atoms with Gasteiger partial charge in [0.2, 0.25) is 0 Å². The predicted molar refractivity (Wildman–Crippen MR) is 81.8 cm³/mol. The van der Waals surface area contributed by atoms with Gasteiger partial charge in [0.05, 0.1) is 5.57 Å². The molecule has 1 unspecified atom stereocenters. The van der Waals surface area contributed by atoms with Crippen molar-refractivity contribution < 1.29 is 19.4 Å². The molecule has 4 rings (SSSR count). The Labute approximate surface area is 132 Å². The number of aliphatic carboxylic acids is 1. The first-order valence-corrected chi connectivity index (χ1v) is 7.26. The highest BCUT2D eigenvalue weighted by Crippen LogP contribution is 2.46. The topological polar surface area (TPSA) is 78.5 Å². The van der Waals surface area contributed by atoms with Crippen LogP contribution < -0.4 is 10.4 Å². The Balaban J connectivity index is 1.90. The quantitative estimate of drug-likeness (QED) is 0.857. The van der Waals surface area contributed by atoms with E-state index in [9.17, 15) is 14.7 Å². The summed E-state index contributed by atoms with van der Waals surface area (Å²) < 4.78 is 5.85. The van der Waals surface area contributed by atoms with Crippen LogP contribution in [0.2, 0.25) is 0 Å². The minimum atomic E-state index is -1.19. The van der Waals surface area contributed by atoms with E-state index in [1.165, 1.54) is 0 Å². The van der Waals surface area contributed by atoms with Gasteiger partial charge in [0.25, 0.3) is 5.91 Å². The highest BCUT2D eigenvalue weighted by Gasteiger charge is 2.35. The van der Waals surface area contributed by atoms with Crippen molar-refractivity contribution in [2.24, 2.45) is 0 Å². The van der Waals surface area contributed by atoms with Crippen molar-refractivity contribution >= 4 is 28.9 Å². The minimum absolute atomic E-state index is 0.245. The Kier molecular flexibility index (Phi) is 2.94. The molecule has 0 saturated carbocycles. The summed E-state index contributed by atoms with van der Waals surface area (Å²) in [6.07, 6.45) is -0.892. The summed E-state index contributed by atoms with van der Waals surface area (Å²) in [5.74, 6) is -1.01. The van der Waals surface area contributed by atoms with Gasteiger partial charge >= 0.3 is 0 Å². The van der Waals surface area contributed by atoms with E-state index < -0.39 is 12.1 Å². The van der Waals surface area contributed by atoms with E-state index in [0.717, 1.165) is 22.4 Å². The molecule has 0 aromatic heterocycles. The first-order valence-electron chi connectivity index (χ1n) is 7.26. The van der Waals surface area contributed by atoms with Crippen LogP contribution in [0.5, 0.6) is 0 Å². The lowest BCUT2D eigenvalue weighted by atomic mass is 9.98. The molecule has 2 heterocycles. The van der Waals surface area contributed by atoms with Gasteiger partial charge in [-0.25, -0.2) is 0 Å². The molecule has 5 nitrogen and oxygen atoms in total. The SMILES string of the molecule is O=C([O-])CC1O/C(=C2/C(=O)Nc3ccccc32)c2ccccc21. The van der Waals surface area contributed by atoms with Crippen LogP contribution in [0.4, 0.5) is 5.69 Å². The normalized spacial score (nSPS) is 21.4. The third kappa shape index (κ3) is 2.09. The summed E-state index contributed by atoms with van der Waals surface area (Å²) in [6, 6.07) is 14.7. The maximum absolute atomic E-state index is 12.4. The van der Waals surface area contributed by atoms with E-state index in [0.29, 0.717) is 11.3 Å². The van der Waals surface area contributed by atoms with E-state index in [1.807, 2.05) is 48.5 Å². The second-order valence-electron chi connectivity index (χ2n) is 5.47. The molecule has 0 aliphatic carbocycles. The van der Waals surface area contributed by atoms with Crippen LogP contribution in [0.3, 0.4) is 0 Å². The van der Waals surface area contributed by atoms with Crippen molar-refractivity contribution in [3.8, 4) is 0 Å². The predicted octanol–water partition coefficient (Wildman–Crippen LogP) is 1.72. The number of para-hydroxylation sites is 1. The van der Waals surface area contributed by atoms with Gasteiger partial charge in [-0.3, -0.25) is 4.79 Å². The highest BCUT2D eigenvalue weighted by molar-refractivity contribution is 6.36. The molecule has 0 spiro atoms. The van der Waals surface area contributed by atoms with Crippen LogP contribution in [0.15, 0.2) is 48.5 Å². The first kappa shape index (κ1) is 13.6. The number of amides is 1. The monoisotopic (exact) mass is 306 g/mol. The molecule has 0 radical (unpaired) electrons. The molecule has 2 aromatic carbocycles. The number of ether oxygens (including phenoxy) is 1. The molecule has 5 heteroatoms. The highest BCUT2D eigenvalue weighted by atomic mass is 16.5. The zero-order valence-corrected chi connectivity index (χ0v) is 12.0. The van der Waals surface area contributed by atoms with Crippen molar-refractivity contribution in [2.75, 3.05) is 5.32 Å². The van der Waals surface area contributed by atoms with Crippen molar-refractivity contribution in [3.05, 3.63) is 65.2 Å². The number of carboxylic acids is 1. The number of hydrogen-bond acceptors (Lipinski definition) is 4. The Morgan fingerprint density at radius 1 is 1.09 bits per heavy atom. The van der Waals surface area contributed by atoms with Crippen molar-refractivity contribution in [2.45, 2.75) is 12.5 Å². The Morgan fingerprint density at radius 3 is 2.57 bits per heavy atom. The molecule has 2 aliphatic heterocycles. The third-order valence-electron chi connectivity index (χ3n) is 4.06. The molecule has 2 aromatic rings. The number of benzene rings is 2. The Hall–Kier alpha value is -3.08. The fourth-order valence-corrected chi connectivity index (χ4v) is 3.09. The number of carbonyl (C=O) groups is 2. The fraction of sp³-hybridized carbons (Fsp3) is 0.111. The molecular formula is C18H12NO4-. The summed E-state index contributed by atoms with van der Waals surface area (Å²) >= 11 is 0. The van der Waals surface area contributed by atoms with E-state index in [1.54, 1.807) is 0 Å². The van der Waals surface area contributed by atoms with Gasteiger partial charge in [0, 0.05) is 34.8 Å². The van der Waals surface area contributed by atoms with E-state index in [4.69, 9.17) is 4.74 Å². The van der Waals surface area contributed by atoms with Gasteiger partial charge in [-0.05, 0) is 6.07 Å². The second kappa shape index (κ2) is 4.98. The van der Waals surface area contributed by atoms with Crippen molar-refractivity contribution in [3.63, 3.8) is 0 Å². The molecule has 0 bridgehead atoms. The van der Waals surface area contributed by atoms with Gasteiger partial charge in [0.1, 0.15) is 11.9 Å². The summed E-state index contributed by atoms with van der Waals surface area (Å²) in [5.41, 5.74) is 3.44. The van der Waals surface area contributed by atoms with E-state index >= 15 is 0 Å².